The van der Waals surface area contributed by atoms with Crippen LogP contribution in [0.15, 0.2) is 30.5 Å². The van der Waals surface area contributed by atoms with E-state index in [1.807, 2.05) is 18.7 Å². The van der Waals surface area contributed by atoms with E-state index in [2.05, 4.69) is 5.10 Å². The monoisotopic (exact) mass is 387 g/mol. The number of aliphatic carboxylic acids is 1. The van der Waals surface area contributed by atoms with E-state index in [-0.39, 0.29) is 30.0 Å². The molecule has 0 radical (unpaired) electrons. The second-order valence-electron chi connectivity index (χ2n) is 7.68. The van der Waals surface area contributed by atoms with Crippen molar-refractivity contribution >= 4 is 11.9 Å². The average molecular weight is 387 g/mol. The molecule has 2 aromatic rings. The molecule has 1 saturated heterocycles. The molecule has 0 aliphatic carbocycles. The van der Waals surface area contributed by atoms with Gasteiger partial charge in [-0.3, -0.25) is 9.59 Å². The molecule has 1 fully saturated rings. The van der Waals surface area contributed by atoms with Crippen molar-refractivity contribution in [3.05, 3.63) is 47.5 Å². The van der Waals surface area contributed by atoms with Gasteiger partial charge < -0.3 is 10.0 Å². The molecule has 0 saturated carbocycles. The molecule has 1 unspecified atom stereocenters. The number of carboxylic acids is 1. The Hall–Kier alpha value is -2.70. The lowest BCUT2D eigenvalue weighted by atomic mass is 9.92. The summed E-state index contributed by atoms with van der Waals surface area (Å²) in [5, 5.41) is 13.3. The van der Waals surface area contributed by atoms with Gasteiger partial charge in [-0.15, -0.1) is 0 Å². The van der Waals surface area contributed by atoms with Gasteiger partial charge in [-0.05, 0) is 55.4 Å². The van der Waals surface area contributed by atoms with Crippen LogP contribution in [0.5, 0.6) is 0 Å². The lowest BCUT2D eigenvalue weighted by Crippen LogP contribution is -2.40. The van der Waals surface area contributed by atoms with Gasteiger partial charge >= 0.3 is 5.97 Å². The van der Waals surface area contributed by atoms with Crippen LogP contribution in [0.3, 0.4) is 0 Å². The summed E-state index contributed by atoms with van der Waals surface area (Å²) in [7, 11) is 0. The lowest BCUT2D eigenvalue weighted by Gasteiger charge is -2.32. The Bertz CT molecular complexity index is 845. The summed E-state index contributed by atoms with van der Waals surface area (Å²) in [5.41, 5.74) is 2.06. The van der Waals surface area contributed by atoms with Gasteiger partial charge in [-0.25, -0.2) is 9.07 Å². The van der Waals surface area contributed by atoms with Crippen molar-refractivity contribution in [3.8, 4) is 5.69 Å². The van der Waals surface area contributed by atoms with Crippen LogP contribution in [0.1, 0.15) is 61.5 Å². The highest BCUT2D eigenvalue weighted by molar-refractivity contribution is 5.95. The third-order valence-corrected chi connectivity index (χ3v) is 5.23. The number of hydrogen-bond acceptors (Lipinski definition) is 3. The van der Waals surface area contributed by atoms with Gasteiger partial charge in [0.25, 0.3) is 5.91 Å². The zero-order valence-electron chi connectivity index (χ0n) is 16.3. The minimum Gasteiger partial charge on any atom is -0.481 e. The SMILES string of the molecule is CC(C)c1c(C(=O)N2CCCC(CCC(=O)O)C2)cnn1-c1ccc(F)cc1. The largest absolute Gasteiger partial charge is 0.481 e. The first-order valence-corrected chi connectivity index (χ1v) is 9.71. The van der Waals surface area contributed by atoms with Crippen molar-refractivity contribution in [1.29, 1.82) is 0 Å². The summed E-state index contributed by atoms with van der Waals surface area (Å²) >= 11 is 0. The summed E-state index contributed by atoms with van der Waals surface area (Å²) in [6.07, 6.45) is 4.13. The highest BCUT2D eigenvalue weighted by Gasteiger charge is 2.29. The predicted molar refractivity (Wildman–Crippen MR) is 103 cm³/mol. The Morgan fingerprint density at radius 3 is 2.64 bits per heavy atom. The molecule has 1 N–H and O–H groups in total. The Morgan fingerprint density at radius 2 is 2.00 bits per heavy atom. The lowest BCUT2D eigenvalue weighted by molar-refractivity contribution is -0.137. The second-order valence-corrected chi connectivity index (χ2v) is 7.68. The summed E-state index contributed by atoms with van der Waals surface area (Å²) in [4.78, 5) is 25.9. The number of hydrogen-bond donors (Lipinski definition) is 1. The minimum atomic E-state index is -0.800. The van der Waals surface area contributed by atoms with E-state index in [1.165, 1.54) is 12.1 Å². The Kier molecular flexibility index (Phi) is 6.11. The highest BCUT2D eigenvalue weighted by atomic mass is 19.1. The third-order valence-electron chi connectivity index (χ3n) is 5.23. The van der Waals surface area contributed by atoms with E-state index in [0.29, 0.717) is 30.8 Å². The first-order valence-electron chi connectivity index (χ1n) is 9.71. The highest BCUT2D eigenvalue weighted by Crippen LogP contribution is 2.27. The standard InChI is InChI=1S/C21H26FN3O3/c1-14(2)20-18(12-23-25(20)17-8-6-16(22)7-9-17)21(28)24-11-3-4-15(13-24)5-10-19(26)27/h6-9,12,14-15H,3-5,10-11,13H2,1-2H3,(H,26,27). The van der Waals surface area contributed by atoms with Gasteiger partial charge in [-0.1, -0.05) is 13.8 Å². The summed E-state index contributed by atoms with van der Waals surface area (Å²) in [6.45, 7) is 5.24. The second kappa shape index (κ2) is 8.54. The topological polar surface area (TPSA) is 75.4 Å². The summed E-state index contributed by atoms with van der Waals surface area (Å²) < 4.78 is 15.0. The molecule has 0 bridgehead atoms. The van der Waals surface area contributed by atoms with Gasteiger partial charge in [0.1, 0.15) is 5.82 Å². The number of piperidine rings is 1. The van der Waals surface area contributed by atoms with Gasteiger partial charge in [-0.2, -0.15) is 5.10 Å². The van der Waals surface area contributed by atoms with Crippen molar-refractivity contribution in [3.63, 3.8) is 0 Å². The predicted octanol–water partition coefficient (Wildman–Crippen LogP) is 3.85. The number of halogens is 1. The van der Waals surface area contributed by atoms with Crippen molar-refractivity contribution in [2.75, 3.05) is 13.1 Å². The molecular formula is C21H26FN3O3. The molecule has 7 heteroatoms. The number of carbonyl (C=O) groups is 2. The van der Waals surface area contributed by atoms with E-state index in [4.69, 9.17) is 5.11 Å². The first-order chi connectivity index (χ1) is 13.4. The van der Waals surface area contributed by atoms with Gasteiger partial charge in [0.2, 0.25) is 0 Å². The molecule has 1 aliphatic rings. The molecule has 6 nitrogen and oxygen atoms in total. The van der Waals surface area contributed by atoms with Crippen LogP contribution in [-0.4, -0.2) is 44.8 Å². The van der Waals surface area contributed by atoms with Crippen LogP contribution in [-0.2, 0) is 4.79 Å². The van der Waals surface area contributed by atoms with Gasteiger partial charge in [0, 0.05) is 19.5 Å². The summed E-state index contributed by atoms with van der Waals surface area (Å²) in [6, 6.07) is 6.04. The molecule has 2 heterocycles. The molecule has 150 valence electrons. The molecule has 1 aromatic carbocycles. The van der Waals surface area contributed by atoms with Crippen molar-refractivity contribution in [2.24, 2.45) is 5.92 Å². The fraction of sp³-hybridized carbons (Fsp3) is 0.476. The molecule has 1 aromatic heterocycles. The number of carboxylic acid groups (broad SMARTS) is 1. The van der Waals surface area contributed by atoms with E-state index in [9.17, 15) is 14.0 Å². The van der Waals surface area contributed by atoms with E-state index >= 15 is 0 Å². The van der Waals surface area contributed by atoms with Crippen LogP contribution >= 0.6 is 0 Å². The molecule has 1 atom stereocenters. The quantitative estimate of drug-likeness (QED) is 0.817. The number of rotatable bonds is 6. The minimum absolute atomic E-state index is 0.0547. The Labute approximate surface area is 164 Å². The Balaban J connectivity index is 1.83. The number of likely N-dealkylation sites (tertiary alicyclic amines) is 1. The number of nitrogens with zero attached hydrogens (tertiary/aromatic N) is 3. The molecule has 1 aliphatic heterocycles. The average Bonchev–Trinajstić information content (AvgIpc) is 3.12. The number of amides is 1. The maximum atomic E-state index is 13.3. The first kappa shape index (κ1) is 20.0. The van der Waals surface area contributed by atoms with Crippen LogP contribution in [0.4, 0.5) is 4.39 Å². The van der Waals surface area contributed by atoms with Gasteiger partial charge in [0.05, 0.1) is 23.1 Å². The fourth-order valence-electron chi connectivity index (χ4n) is 3.85. The zero-order chi connectivity index (χ0) is 20.3. The van der Waals surface area contributed by atoms with Crippen molar-refractivity contribution in [2.45, 2.75) is 45.4 Å². The molecule has 0 spiro atoms. The molecule has 28 heavy (non-hydrogen) atoms. The normalized spacial score (nSPS) is 17.1. The smallest absolute Gasteiger partial charge is 0.303 e. The zero-order valence-corrected chi connectivity index (χ0v) is 16.3. The summed E-state index contributed by atoms with van der Waals surface area (Å²) in [5.74, 6) is -0.926. The van der Waals surface area contributed by atoms with Crippen molar-refractivity contribution < 1.29 is 19.1 Å². The Morgan fingerprint density at radius 1 is 1.29 bits per heavy atom. The maximum Gasteiger partial charge on any atom is 0.303 e. The van der Waals surface area contributed by atoms with E-state index < -0.39 is 5.97 Å². The number of benzene rings is 1. The van der Waals surface area contributed by atoms with Crippen LogP contribution in [0.2, 0.25) is 0 Å². The number of carbonyl (C=O) groups excluding carboxylic acids is 1. The molecule has 1 amide bonds. The molecular weight excluding hydrogens is 361 g/mol. The number of aromatic nitrogens is 2. The third kappa shape index (κ3) is 4.40. The van der Waals surface area contributed by atoms with Crippen LogP contribution < -0.4 is 0 Å². The fourth-order valence-corrected chi connectivity index (χ4v) is 3.85. The van der Waals surface area contributed by atoms with Crippen LogP contribution in [0, 0.1) is 11.7 Å². The maximum absolute atomic E-state index is 13.3. The van der Waals surface area contributed by atoms with E-state index in [1.54, 1.807) is 23.0 Å². The van der Waals surface area contributed by atoms with Crippen molar-refractivity contribution in [1.82, 2.24) is 14.7 Å². The molecule has 3 rings (SSSR count). The van der Waals surface area contributed by atoms with Gasteiger partial charge in [0.15, 0.2) is 0 Å². The van der Waals surface area contributed by atoms with Crippen LogP contribution in [0.25, 0.3) is 5.69 Å². The van der Waals surface area contributed by atoms with E-state index in [0.717, 1.165) is 18.5 Å².